The molecule has 3 rings (SSSR count). The van der Waals surface area contributed by atoms with Gasteiger partial charge < -0.3 is 4.74 Å². The minimum atomic E-state index is -3.74. The Balaban J connectivity index is 2.02. The summed E-state index contributed by atoms with van der Waals surface area (Å²) in [5, 5.41) is 0.789. The van der Waals surface area contributed by atoms with Gasteiger partial charge in [0.2, 0.25) is 0 Å². The first-order chi connectivity index (χ1) is 11.5. The van der Waals surface area contributed by atoms with Crippen molar-refractivity contribution in [1.29, 1.82) is 0 Å². The molecule has 0 amide bonds. The number of ether oxygens (including phenoxy) is 1. The molecular weight excluding hydrogens is 324 g/mol. The van der Waals surface area contributed by atoms with Crippen molar-refractivity contribution in [2.24, 2.45) is 0 Å². The normalized spacial score (nSPS) is 11.6. The number of anilines is 1. The van der Waals surface area contributed by atoms with Gasteiger partial charge in [0.05, 0.1) is 12.1 Å². The summed E-state index contributed by atoms with van der Waals surface area (Å²) in [5.74, 6) is 0. The minimum Gasteiger partial charge on any atom is -0.380 e. The minimum absolute atomic E-state index is 0.167. The molecule has 0 fully saturated rings. The summed E-state index contributed by atoms with van der Waals surface area (Å²) in [7, 11) is -2.14. The van der Waals surface area contributed by atoms with Crippen LogP contribution in [0.15, 0.2) is 59.5 Å². The molecule has 6 heteroatoms. The van der Waals surface area contributed by atoms with Crippen LogP contribution in [0.25, 0.3) is 10.9 Å². The summed E-state index contributed by atoms with van der Waals surface area (Å²) in [6, 6.07) is 16.0. The zero-order valence-electron chi connectivity index (χ0n) is 13.5. The van der Waals surface area contributed by atoms with Gasteiger partial charge in [-0.3, -0.25) is 9.71 Å². The van der Waals surface area contributed by atoms with Crippen molar-refractivity contribution < 1.29 is 13.2 Å². The van der Waals surface area contributed by atoms with E-state index in [2.05, 4.69) is 9.71 Å². The van der Waals surface area contributed by atoms with Crippen LogP contribution in [-0.4, -0.2) is 20.5 Å². The molecule has 0 aliphatic rings. The Labute approximate surface area is 141 Å². The molecule has 0 saturated carbocycles. The molecule has 0 spiro atoms. The average Bonchev–Trinajstić information content (AvgIpc) is 2.54. The van der Waals surface area contributed by atoms with Gasteiger partial charge in [0.15, 0.2) is 0 Å². The zero-order chi connectivity index (χ0) is 17.2. The van der Waals surface area contributed by atoms with Gasteiger partial charge in [-0.2, -0.15) is 0 Å². The van der Waals surface area contributed by atoms with Gasteiger partial charge in [-0.25, -0.2) is 8.42 Å². The van der Waals surface area contributed by atoms with Crippen LogP contribution in [0.3, 0.4) is 0 Å². The Bertz CT molecular complexity index is 984. The fourth-order valence-electron chi connectivity index (χ4n) is 2.54. The van der Waals surface area contributed by atoms with E-state index in [-0.39, 0.29) is 4.90 Å². The highest BCUT2D eigenvalue weighted by atomic mass is 32.2. The monoisotopic (exact) mass is 342 g/mol. The van der Waals surface area contributed by atoms with Crippen LogP contribution in [0, 0.1) is 6.92 Å². The summed E-state index contributed by atoms with van der Waals surface area (Å²) in [6.07, 6.45) is 0. The Morgan fingerprint density at radius 1 is 1.08 bits per heavy atom. The number of nitrogens with one attached hydrogen (secondary N) is 1. The van der Waals surface area contributed by atoms with Crippen LogP contribution >= 0.6 is 0 Å². The third-order valence-corrected chi connectivity index (χ3v) is 5.02. The van der Waals surface area contributed by atoms with Gasteiger partial charge in [-0.05, 0) is 36.8 Å². The number of hydrogen-bond donors (Lipinski definition) is 1. The Kier molecular flexibility index (Phi) is 4.51. The molecule has 24 heavy (non-hydrogen) atoms. The van der Waals surface area contributed by atoms with E-state index in [1.807, 2.05) is 31.2 Å². The summed E-state index contributed by atoms with van der Waals surface area (Å²) in [4.78, 5) is 4.56. The highest BCUT2D eigenvalue weighted by molar-refractivity contribution is 7.93. The fraction of sp³-hybridized carbons (Fsp3) is 0.167. The Morgan fingerprint density at radius 3 is 2.67 bits per heavy atom. The summed E-state index contributed by atoms with van der Waals surface area (Å²) in [6.45, 7) is 2.26. The lowest BCUT2D eigenvalue weighted by atomic mass is 10.2. The molecule has 1 aromatic heterocycles. The van der Waals surface area contributed by atoms with E-state index in [9.17, 15) is 8.42 Å². The highest BCUT2D eigenvalue weighted by Gasteiger charge is 2.18. The predicted octanol–water partition coefficient (Wildman–Crippen LogP) is 3.49. The summed E-state index contributed by atoms with van der Waals surface area (Å²) < 4.78 is 33.3. The van der Waals surface area contributed by atoms with Crippen molar-refractivity contribution in [3.63, 3.8) is 0 Å². The molecule has 1 N–H and O–H groups in total. The molecule has 2 aromatic carbocycles. The Morgan fingerprint density at radius 2 is 1.88 bits per heavy atom. The number of pyridine rings is 1. The molecule has 5 nitrogen and oxygen atoms in total. The van der Waals surface area contributed by atoms with Gasteiger partial charge in [0, 0.05) is 23.9 Å². The van der Waals surface area contributed by atoms with E-state index in [1.54, 1.807) is 37.4 Å². The van der Waals surface area contributed by atoms with Gasteiger partial charge in [0.1, 0.15) is 4.90 Å². The van der Waals surface area contributed by atoms with Gasteiger partial charge in [-0.1, -0.05) is 30.3 Å². The van der Waals surface area contributed by atoms with E-state index in [0.717, 1.165) is 16.6 Å². The van der Waals surface area contributed by atoms with Gasteiger partial charge in [-0.15, -0.1) is 0 Å². The molecule has 0 bridgehead atoms. The standard InChI is InChI=1S/C18H18N2O3S/c1-13-9-10-15-6-4-8-17(18(15)19-13)24(21,22)20-16-7-3-5-14(11-16)12-23-2/h3-11,20H,12H2,1-2H3. The maximum atomic E-state index is 12.8. The van der Waals surface area contributed by atoms with E-state index in [0.29, 0.717) is 17.8 Å². The molecular formula is C18H18N2O3S. The lowest BCUT2D eigenvalue weighted by Crippen LogP contribution is -2.14. The van der Waals surface area contributed by atoms with Crippen LogP contribution in [0.1, 0.15) is 11.3 Å². The molecule has 3 aromatic rings. The van der Waals surface area contributed by atoms with Crippen LogP contribution < -0.4 is 4.72 Å². The first-order valence-corrected chi connectivity index (χ1v) is 8.95. The number of aryl methyl sites for hydroxylation is 1. The molecule has 0 saturated heterocycles. The first kappa shape index (κ1) is 16.4. The maximum Gasteiger partial charge on any atom is 0.264 e. The van der Waals surface area contributed by atoms with Crippen LogP contribution in [0.4, 0.5) is 5.69 Å². The average molecular weight is 342 g/mol. The van der Waals surface area contributed by atoms with Crippen LogP contribution in [-0.2, 0) is 21.4 Å². The smallest absolute Gasteiger partial charge is 0.264 e. The van der Waals surface area contributed by atoms with Gasteiger partial charge in [0.25, 0.3) is 10.0 Å². The van der Waals surface area contributed by atoms with Crippen molar-refractivity contribution in [2.75, 3.05) is 11.8 Å². The largest absolute Gasteiger partial charge is 0.380 e. The second-order valence-corrected chi connectivity index (χ2v) is 7.17. The second-order valence-electron chi connectivity index (χ2n) is 5.52. The van der Waals surface area contributed by atoms with Crippen molar-refractivity contribution in [2.45, 2.75) is 18.4 Å². The Hall–Kier alpha value is -2.44. The van der Waals surface area contributed by atoms with E-state index in [1.165, 1.54) is 0 Å². The second kappa shape index (κ2) is 6.59. The van der Waals surface area contributed by atoms with Crippen molar-refractivity contribution >= 4 is 26.6 Å². The topological polar surface area (TPSA) is 68.3 Å². The molecule has 0 unspecified atom stereocenters. The molecule has 0 atom stereocenters. The summed E-state index contributed by atoms with van der Waals surface area (Å²) >= 11 is 0. The van der Waals surface area contributed by atoms with Crippen molar-refractivity contribution in [3.8, 4) is 0 Å². The number of benzene rings is 2. The quantitative estimate of drug-likeness (QED) is 0.771. The number of aromatic nitrogens is 1. The van der Waals surface area contributed by atoms with Crippen LogP contribution in [0.5, 0.6) is 0 Å². The molecule has 1 heterocycles. The maximum absolute atomic E-state index is 12.8. The van der Waals surface area contributed by atoms with E-state index >= 15 is 0 Å². The molecule has 0 radical (unpaired) electrons. The summed E-state index contributed by atoms with van der Waals surface area (Å²) in [5.41, 5.74) is 2.63. The number of methoxy groups -OCH3 is 1. The number of sulfonamides is 1. The third-order valence-electron chi connectivity index (χ3n) is 3.60. The number of fused-ring (bicyclic) bond motifs is 1. The van der Waals surface area contributed by atoms with Gasteiger partial charge >= 0.3 is 0 Å². The number of hydrogen-bond acceptors (Lipinski definition) is 4. The SMILES string of the molecule is COCc1cccc(NS(=O)(=O)c2cccc3ccc(C)nc23)c1. The third kappa shape index (κ3) is 3.39. The zero-order valence-corrected chi connectivity index (χ0v) is 14.3. The lowest BCUT2D eigenvalue weighted by molar-refractivity contribution is 0.185. The van der Waals surface area contributed by atoms with Crippen LogP contribution in [0.2, 0.25) is 0 Å². The van der Waals surface area contributed by atoms with E-state index < -0.39 is 10.0 Å². The highest BCUT2D eigenvalue weighted by Crippen LogP contribution is 2.24. The number of nitrogens with zero attached hydrogens (tertiary/aromatic N) is 1. The van der Waals surface area contributed by atoms with Crippen molar-refractivity contribution in [3.05, 3.63) is 65.9 Å². The fourth-order valence-corrected chi connectivity index (χ4v) is 3.76. The van der Waals surface area contributed by atoms with E-state index in [4.69, 9.17) is 4.74 Å². The number of para-hydroxylation sites is 1. The molecule has 0 aliphatic carbocycles. The molecule has 124 valence electrons. The van der Waals surface area contributed by atoms with Crippen molar-refractivity contribution in [1.82, 2.24) is 4.98 Å². The number of rotatable bonds is 5. The predicted molar refractivity (Wildman–Crippen MR) is 94.4 cm³/mol. The molecule has 0 aliphatic heterocycles. The first-order valence-electron chi connectivity index (χ1n) is 7.47. The lowest BCUT2D eigenvalue weighted by Gasteiger charge is -2.11.